The van der Waals surface area contributed by atoms with E-state index in [1.807, 2.05) is 54.6 Å². The van der Waals surface area contributed by atoms with Gasteiger partial charge in [-0.3, -0.25) is 0 Å². The summed E-state index contributed by atoms with van der Waals surface area (Å²) in [6.07, 6.45) is 0. The maximum atomic E-state index is 6.39. The molecule has 0 saturated carbocycles. The van der Waals surface area contributed by atoms with E-state index in [4.69, 9.17) is 19.7 Å². The van der Waals surface area contributed by atoms with Gasteiger partial charge in [-0.2, -0.15) is 0 Å². The second-order valence-electron chi connectivity index (χ2n) is 10.1. The highest BCUT2D eigenvalue weighted by molar-refractivity contribution is 5.95. The molecular weight excluding hydrogens is 466 g/mol. The monoisotopic (exact) mass is 491 g/mol. The van der Waals surface area contributed by atoms with E-state index < -0.39 is 0 Å². The topological polar surface area (TPSA) is 47.9 Å². The van der Waals surface area contributed by atoms with Crippen LogP contribution < -0.4 is 4.74 Å². The zero-order valence-electron chi connectivity index (χ0n) is 21.2. The number of rotatable bonds is 3. The van der Waals surface area contributed by atoms with Crippen molar-refractivity contribution in [2.45, 2.75) is 19.3 Å². The Bertz CT molecular complexity index is 1820. The number of fused-ring (bicyclic) bond motifs is 3. The van der Waals surface area contributed by atoms with Crippen LogP contribution in [-0.4, -0.2) is 15.0 Å². The largest absolute Gasteiger partial charge is 0.457 e. The van der Waals surface area contributed by atoms with E-state index in [1.165, 1.54) is 0 Å². The van der Waals surface area contributed by atoms with Gasteiger partial charge in [0.05, 0.1) is 0 Å². The molecule has 0 unspecified atom stereocenters. The van der Waals surface area contributed by atoms with Crippen molar-refractivity contribution >= 4 is 10.8 Å². The SMILES string of the molecule is CC1(C)c2ccccc2Oc2cccc(-c3nc(-c4ccccc4)nc(-c4cccc5ccccc45)n3)c21. The van der Waals surface area contributed by atoms with E-state index >= 15 is 0 Å². The third-order valence-electron chi connectivity index (χ3n) is 7.37. The van der Waals surface area contributed by atoms with Gasteiger partial charge in [0.15, 0.2) is 17.5 Å². The zero-order chi connectivity index (χ0) is 25.7. The number of hydrogen-bond acceptors (Lipinski definition) is 4. The average Bonchev–Trinajstić information content (AvgIpc) is 2.97. The van der Waals surface area contributed by atoms with Crippen LogP contribution in [-0.2, 0) is 5.41 Å². The highest BCUT2D eigenvalue weighted by Gasteiger charge is 2.37. The minimum atomic E-state index is -0.306. The Morgan fingerprint density at radius 3 is 2.00 bits per heavy atom. The van der Waals surface area contributed by atoms with Crippen molar-refractivity contribution < 1.29 is 4.74 Å². The number of nitrogens with zero attached hydrogens (tertiary/aromatic N) is 3. The highest BCUT2D eigenvalue weighted by Crippen LogP contribution is 2.50. The summed E-state index contributed by atoms with van der Waals surface area (Å²) < 4.78 is 6.39. The number of aromatic nitrogens is 3. The fourth-order valence-corrected chi connectivity index (χ4v) is 5.53. The summed E-state index contributed by atoms with van der Waals surface area (Å²) in [7, 11) is 0. The van der Waals surface area contributed by atoms with Crippen LogP contribution in [0.4, 0.5) is 0 Å². The molecule has 4 heteroatoms. The molecule has 0 aliphatic carbocycles. The van der Waals surface area contributed by atoms with Crippen molar-refractivity contribution in [3.8, 4) is 45.7 Å². The fourth-order valence-electron chi connectivity index (χ4n) is 5.53. The molecule has 38 heavy (non-hydrogen) atoms. The molecule has 1 aliphatic heterocycles. The predicted molar refractivity (Wildman–Crippen MR) is 152 cm³/mol. The lowest BCUT2D eigenvalue weighted by molar-refractivity contribution is 0.418. The van der Waals surface area contributed by atoms with Crippen molar-refractivity contribution in [2.75, 3.05) is 0 Å². The summed E-state index contributed by atoms with van der Waals surface area (Å²) in [6.45, 7) is 4.48. The molecule has 4 nitrogen and oxygen atoms in total. The molecule has 0 saturated heterocycles. The normalized spacial score (nSPS) is 13.4. The van der Waals surface area contributed by atoms with E-state index in [-0.39, 0.29) is 5.41 Å². The molecular formula is C34H25N3O. The van der Waals surface area contributed by atoms with Gasteiger partial charge < -0.3 is 4.74 Å². The number of hydrogen-bond donors (Lipinski definition) is 0. The number of para-hydroxylation sites is 1. The molecule has 0 bridgehead atoms. The second kappa shape index (κ2) is 8.63. The van der Waals surface area contributed by atoms with Crippen molar-refractivity contribution in [2.24, 2.45) is 0 Å². The van der Waals surface area contributed by atoms with Crippen molar-refractivity contribution in [1.29, 1.82) is 0 Å². The molecule has 2 heterocycles. The molecule has 182 valence electrons. The Labute approximate surface area is 221 Å². The quantitative estimate of drug-likeness (QED) is 0.249. The van der Waals surface area contributed by atoms with Crippen LogP contribution in [0.25, 0.3) is 44.9 Å². The van der Waals surface area contributed by atoms with Gasteiger partial charge in [-0.15, -0.1) is 0 Å². The predicted octanol–water partition coefficient (Wildman–Crippen LogP) is 8.46. The van der Waals surface area contributed by atoms with E-state index in [9.17, 15) is 0 Å². The first kappa shape index (κ1) is 22.4. The Balaban J connectivity index is 1.50. The second-order valence-corrected chi connectivity index (χ2v) is 10.1. The maximum Gasteiger partial charge on any atom is 0.164 e. The lowest BCUT2D eigenvalue weighted by Crippen LogP contribution is -2.25. The van der Waals surface area contributed by atoms with Crippen LogP contribution in [0.3, 0.4) is 0 Å². The van der Waals surface area contributed by atoms with Crippen molar-refractivity contribution in [3.05, 3.63) is 126 Å². The van der Waals surface area contributed by atoms with E-state index in [2.05, 4.69) is 74.5 Å². The number of benzene rings is 5. The van der Waals surface area contributed by atoms with Gasteiger partial charge in [0.1, 0.15) is 11.5 Å². The Morgan fingerprint density at radius 1 is 0.526 bits per heavy atom. The maximum absolute atomic E-state index is 6.39. The van der Waals surface area contributed by atoms with Crippen LogP contribution in [0.15, 0.2) is 115 Å². The Morgan fingerprint density at radius 2 is 1.13 bits per heavy atom. The zero-order valence-corrected chi connectivity index (χ0v) is 21.2. The molecule has 5 aromatic carbocycles. The lowest BCUT2D eigenvalue weighted by Gasteiger charge is -2.35. The van der Waals surface area contributed by atoms with Crippen LogP contribution in [0.2, 0.25) is 0 Å². The Kier molecular flexibility index (Phi) is 5.08. The van der Waals surface area contributed by atoms with Gasteiger partial charge in [0.25, 0.3) is 0 Å². The van der Waals surface area contributed by atoms with Crippen molar-refractivity contribution in [1.82, 2.24) is 15.0 Å². The smallest absolute Gasteiger partial charge is 0.164 e. The first-order chi connectivity index (χ1) is 18.6. The highest BCUT2D eigenvalue weighted by atomic mass is 16.5. The molecule has 0 atom stereocenters. The van der Waals surface area contributed by atoms with Crippen molar-refractivity contribution in [3.63, 3.8) is 0 Å². The molecule has 1 aromatic heterocycles. The minimum Gasteiger partial charge on any atom is -0.457 e. The number of ether oxygens (including phenoxy) is 1. The molecule has 0 fully saturated rings. The fraction of sp³-hybridized carbons (Fsp3) is 0.0882. The summed E-state index contributed by atoms with van der Waals surface area (Å²) in [5.41, 5.74) is 4.79. The minimum absolute atomic E-state index is 0.306. The lowest BCUT2D eigenvalue weighted by atomic mass is 9.73. The van der Waals surface area contributed by atoms with Crippen LogP contribution in [0, 0.1) is 0 Å². The standard InChI is InChI=1S/C34H25N3O/c1-34(2)27-19-8-9-20-28(27)38-29-21-11-18-26(30(29)34)33-36-31(23-13-4-3-5-14-23)35-32(37-33)25-17-10-15-22-12-6-7-16-24(22)25/h3-21H,1-2H3. The van der Waals surface area contributed by atoms with Crippen LogP contribution in [0.5, 0.6) is 11.5 Å². The van der Waals surface area contributed by atoms with Gasteiger partial charge in [0, 0.05) is 33.2 Å². The van der Waals surface area contributed by atoms with E-state index in [1.54, 1.807) is 0 Å². The summed E-state index contributed by atoms with van der Waals surface area (Å²) in [4.78, 5) is 15.1. The third-order valence-corrected chi connectivity index (χ3v) is 7.37. The molecule has 7 rings (SSSR count). The van der Waals surface area contributed by atoms with Crippen LogP contribution >= 0.6 is 0 Å². The summed E-state index contributed by atoms with van der Waals surface area (Å²) >= 11 is 0. The van der Waals surface area contributed by atoms with Gasteiger partial charge in [0.2, 0.25) is 0 Å². The summed E-state index contributed by atoms with van der Waals surface area (Å²) in [6, 6.07) is 39.1. The molecule has 0 N–H and O–H groups in total. The molecule has 6 aromatic rings. The molecule has 1 aliphatic rings. The third kappa shape index (κ3) is 3.57. The summed E-state index contributed by atoms with van der Waals surface area (Å²) in [5.74, 6) is 3.65. The van der Waals surface area contributed by atoms with E-state index in [0.29, 0.717) is 17.5 Å². The summed E-state index contributed by atoms with van der Waals surface area (Å²) in [5, 5.41) is 2.26. The first-order valence-corrected chi connectivity index (χ1v) is 12.8. The average molecular weight is 492 g/mol. The van der Waals surface area contributed by atoms with E-state index in [0.717, 1.165) is 50.1 Å². The van der Waals surface area contributed by atoms with Gasteiger partial charge in [-0.1, -0.05) is 117 Å². The molecule has 0 spiro atoms. The molecule has 0 radical (unpaired) electrons. The van der Waals surface area contributed by atoms with Gasteiger partial charge in [-0.05, 0) is 22.9 Å². The van der Waals surface area contributed by atoms with Crippen LogP contribution in [0.1, 0.15) is 25.0 Å². The first-order valence-electron chi connectivity index (χ1n) is 12.8. The molecule has 0 amide bonds. The van der Waals surface area contributed by atoms with Gasteiger partial charge >= 0.3 is 0 Å². The Hall–Kier alpha value is -4.83. The van der Waals surface area contributed by atoms with Gasteiger partial charge in [-0.25, -0.2) is 15.0 Å².